The van der Waals surface area contributed by atoms with Gasteiger partial charge in [0.15, 0.2) is 0 Å². The molecule has 0 aliphatic carbocycles. The van der Waals surface area contributed by atoms with Crippen molar-refractivity contribution in [1.29, 1.82) is 0 Å². The van der Waals surface area contributed by atoms with E-state index >= 15 is 0 Å². The average Bonchev–Trinajstić information content (AvgIpc) is 3.16. The molecule has 128 valence electrons. The summed E-state index contributed by atoms with van der Waals surface area (Å²) in [5, 5.41) is 4.13. The van der Waals surface area contributed by atoms with Gasteiger partial charge in [0.25, 0.3) is 5.91 Å². The van der Waals surface area contributed by atoms with Crippen LogP contribution in [0.3, 0.4) is 0 Å². The first-order chi connectivity index (χ1) is 11.6. The highest BCUT2D eigenvalue weighted by atomic mass is 16.5. The summed E-state index contributed by atoms with van der Waals surface area (Å²) in [7, 11) is 1.64. The van der Waals surface area contributed by atoms with Gasteiger partial charge in [-0.3, -0.25) is 9.69 Å². The van der Waals surface area contributed by atoms with Gasteiger partial charge in [-0.25, -0.2) is 0 Å². The molecule has 3 heterocycles. The lowest BCUT2D eigenvalue weighted by molar-refractivity contribution is -0.0390. The molecule has 4 rings (SSSR count). The molecule has 2 aromatic rings. The lowest BCUT2D eigenvalue weighted by Crippen LogP contribution is -2.45. The van der Waals surface area contributed by atoms with Gasteiger partial charge in [0, 0.05) is 36.1 Å². The maximum atomic E-state index is 12.6. The molecule has 1 aromatic heterocycles. The predicted octanol–water partition coefficient (Wildman–Crippen LogP) is 1.77. The summed E-state index contributed by atoms with van der Waals surface area (Å²) in [6.07, 6.45) is 1.23. The number of carbonyl (C=O) groups is 1. The highest BCUT2D eigenvalue weighted by Gasteiger charge is 2.36. The van der Waals surface area contributed by atoms with E-state index in [0.717, 1.165) is 42.8 Å². The Morgan fingerprint density at radius 3 is 3.08 bits per heavy atom. The van der Waals surface area contributed by atoms with Crippen molar-refractivity contribution >= 4 is 16.8 Å². The monoisotopic (exact) mass is 329 g/mol. The Hall–Kier alpha value is -2.05. The molecule has 2 aliphatic rings. The first-order valence-electron chi connectivity index (χ1n) is 8.45. The van der Waals surface area contributed by atoms with Gasteiger partial charge in [-0.1, -0.05) is 0 Å². The number of nitrogens with one attached hydrogen (secondary N) is 2. The number of methoxy groups -OCH3 is 1. The first kappa shape index (κ1) is 15.5. The molecular formula is C18H23N3O3. The Morgan fingerprint density at radius 2 is 2.25 bits per heavy atom. The molecule has 0 spiro atoms. The van der Waals surface area contributed by atoms with Crippen LogP contribution in [0.25, 0.3) is 10.9 Å². The second-order valence-electron chi connectivity index (χ2n) is 6.79. The normalized spacial score (nSPS) is 27.2. The van der Waals surface area contributed by atoms with Crippen molar-refractivity contribution in [2.45, 2.75) is 31.5 Å². The number of aromatic nitrogens is 1. The Labute approximate surface area is 141 Å². The number of rotatable bonds is 3. The summed E-state index contributed by atoms with van der Waals surface area (Å²) in [5.74, 6) is 0.735. The third-order valence-corrected chi connectivity index (χ3v) is 5.00. The van der Waals surface area contributed by atoms with Gasteiger partial charge in [-0.2, -0.15) is 0 Å². The van der Waals surface area contributed by atoms with Crippen LogP contribution >= 0.6 is 0 Å². The van der Waals surface area contributed by atoms with Crippen LogP contribution in [0.15, 0.2) is 24.3 Å². The van der Waals surface area contributed by atoms with Crippen molar-refractivity contribution in [3.05, 3.63) is 30.0 Å². The van der Waals surface area contributed by atoms with E-state index in [0.29, 0.717) is 11.7 Å². The SMILES string of the molecule is COc1ccc2[nH]c(C(=O)N[C@H]3C[C@H]4CO[C@H](C)CN4C3)cc2c1. The number of H-pyrrole nitrogens is 1. The summed E-state index contributed by atoms with van der Waals surface area (Å²) >= 11 is 0. The smallest absolute Gasteiger partial charge is 0.267 e. The number of hydrogen-bond donors (Lipinski definition) is 2. The minimum absolute atomic E-state index is 0.0519. The molecule has 0 saturated carbocycles. The van der Waals surface area contributed by atoms with Crippen LogP contribution in [0, 0.1) is 0 Å². The Bertz CT molecular complexity index is 757. The number of morpholine rings is 1. The maximum Gasteiger partial charge on any atom is 0.267 e. The first-order valence-corrected chi connectivity index (χ1v) is 8.45. The summed E-state index contributed by atoms with van der Waals surface area (Å²) in [6, 6.07) is 8.23. The molecule has 0 unspecified atom stereocenters. The van der Waals surface area contributed by atoms with Crippen LogP contribution < -0.4 is 10.1 Å². The average molecular weight is 329 g/mol. The van der Waals surface area contributed by atoms with Crippen molar-refractivity contribution in [2.75, 3.05) is 26.8 Å². The largest absolute Gasteiger partial charge is 0.497 e. The van der Waals surface area contributed by atoms with E-state index in [9.17, 15) is 4.79 Å². The van der Waals surface area contributed by atoms with E-state index in [4.69, 9.17) is 9.47 Å². The minimum Gasteiger partial charge on any atom is -0.497 e. The Kier molecular flexibility index (Phi) is 3.94. The fourth-order valence-corrected chi connectivity index (χ4v) is 3.77. The van der Waals surface area contributed by atoms with Gasteiger partial charge < -0.3 is 19.8 Å². The highest BCUT2D eigenvalue weighted by Crippen LogP contribution is 2.24. The second-order valence-corrected chi connectivity index (χ2v) is 6.79. The molecule has 6 nitrogen and oxygen atoms in total. The molecule has 3 atom stereocenters. The van der Waals surface area contributed by atoms with E-state index in [-0.39, 0.29) is 18.1 Å². The van der Waals surface area contributed by atoms with Crippen molar-refractivity contribution in [2.24, 2.45) is 0 Å². The van der Waals surface area contributed by atoms with Gasteiger partial charge in [0.1, 0.15) is 11.4 Å². The van der Waals surface area contributed by atoms with Crippen LogP contribution in [0.5, 0.6) is 5.75 Å². The highest BCUT2D eigenvalue weighted by molar-refractivity contribution is 5.98. The molecule has 24 heavy (non-hydrogen) atoms. The van der Waals surface area contributed by atoms with Crippen molar-refractivity contribution in [3.8, 4) is 5.75 Å². The number of amides is 1. The number of hydrogen-bond acceptors (Lipinski definition) is 4. The zero-order valence-electron chi connectivity index (χ0n) is 14.0. The van der Waals surface area contributed by atoms with Crippen LogP contribution in [0.4, 0.5) is 0 Å². The number of aromatic amines is 1. The van der Waals surface area contributed by atoms with E-state index in [1.165, 1.54) is 0 Å². The number of ether oxygens (including phenoxy) is 2. The van der Waals surface area contributed by atoms with Crippen LogP contribution in [-0.4, -0.2) is 60.8 Å². The second kappa shape index (κ2) is 6.11. The van der Waals surface area contributed by atoms with Crippen molar-refractivity contribution < 1.29 is 14.3 Å². The molecule has 6 heteroatoms. The maximum absolute atomic E-state index is 12.6. The van der Waals surface area contributed by atoms with E-state index < -0.39 is 0 Å². The summed E-state index contributed by atoms with van der Waals surface area (Å²) in [6.45, 7) is 4.71. The van der Waals surface area contributed by atoms with Gasteiger partial charge in [0.05, 0.1) is 19.8 Å². The van der Waals surface area contributed by atoms with Crippen molar-refractivity contribution in [3.63, 3.8) is 0 Å². The Morgan fingerprint density at radius 1 is 1.38 bits per heavy atom. The molecule has 1 amide bonds. The number of carbonyl (C=O) groups excluding carboxylic acids is 1. The lowest BCUT2D eigenvalue weighted by Gasteiger charge is -2.33. The van der Waals surface area contributed by atoms with Crippen LogP contribution in [0.2, 0.25) is 0 Å². The lowest BCUT2D eigenvalue weighted by atomic mass is 10.1. The van der Waals surface area contributed by atoms with E-state index in [1.54, 1.807) is 7.11 Å². The zero-order valence-corrected chi connectivity index (χ0v) is 14.0. The molecule has 2 fully saturated rings. The molecule has 2 saturated heterocycles. The fourth-order valence-electron chi connectivity index (χ4n) is 3.77. The predicted molar refractivity (Wildman–Crippen MR) is 91.5 cm³/mol. The summed E-state index contributed by atoms with van der Waals surface area (Å²) in [5.41, 5.74) is 1.53. The molecule has 0 radical (unpaired) electrons. The molecule has 2 aliphatic heterocycles. The number of benzene rings is 1. The Balaban J connectivity index is 1.45. The fraction of sp³-hybridized carbons (Fsp3) is 0.500. The quantitative estimate of drug-likeness (QED) is 0.901. The molecule has 0 bridgehead atoms. The van der Waals surface area contributed by atoms with Gasteiger partial charge >= 0.3 is 0 Å². The molecule has 2 N–H and O–H groups in total. The minimum atomic E-state index is -0.0519. The van der Waals surface area contributed by atoms with Gasteiger partial charge in [-0.05, 0) is 37.6 Å². The standard InChI is InChI=1S/C18H23N3O3/c1-11-8-21-9-13(7-14(21)10-24-11)19-18(22)17-6-12-5-15(23-2)3-4-16(12)20-17/h3-6,11,13-14,20H,7-10H2,1-2H3,(H,19,22)/t11-,13+,14+/m1/s1. The zero-order chi connectivity index (χ0) is 16.7. The summed E-state index contributed by atoms with van der Waals surface area (Å²) in [4.78, 5) is 18.2. The van der Waals surface area contributed by atoms with Gasteiger partial charge in [0.2, 0.25) is 0 Å². The number of fused-ring (bicyclic) bond motifs is 2. The number of nitrogens with zero attached hydrogens (tertiary/aromatic N) is 1. The van der Waals surface area contributed by atoms with Crippen LogP contribution in [-0.2, 0) is 4.74 Å². The third kappa shape index (κ3) is 2.87. The third-order valence-electron chi connectivity index (χ3n) is 5.00. The summed E-state index contributed by atoms with van der Waals surface area (Å²) < 4.78 is 10.9. The molecular weight excluding hydrogens is 306 g/mol. The van der Waals surface area contributed by atoms with Crippen LogP contribution in [0.1, 0.15) is 23.8 Å². The topological polar surface area (TPSA) is 66.6 Å². The van der Waals surface area contributed by atoms with Crippen molar-refractivity contribution in [1.82, 2.24) is 15.2 Å². The van der Waals surface area contributed by atoms with E-state index in [1.807, 2.05) is 24.3 Å². The van der Waals surface area contributed by atoms with E-state index in [2.05, 4.69) is 22.1 Å². The molecule has 1 aromatic carbocycles. The van der Waals surface area contributed by atoms with Gasteiger partial charge in [-0.15, -0.1) is 0 Å².